The normalized spacial score (nSPS) is 12.3. The molecule has 2 aromatic rings. The molecular formula is C13H12O7. The molecule has 0 aliphatic heterocycles. The summed E-state index contributed by atoms with van der Waals surface area (Å²) in [6.45, 7) is 1.55. The van der Waals surface area contributed by atoms with Crippen LogP contribution in [0.4, 0.5) is 0 Å². The molecule has 20 heavy (non-hydrogen) atoms. The smallest absolute Gasteiger partial charge is 0.347 e. The summed E-state index contributed by atoms with van der Waals surface area (Å²) < 4.78 is 14.2. The molecule has 2 aromatic heterocycles. The van der Waals surface area contributed by atoms with Crippen LogP contribution in [0.25, 0.3) is 11.0 Å². The highest BCUT2D eigenvalue weighted by Crippen LogP contribution is 2.12. The second-order valence-corrected chi connectivity index (χ2v) is 4.22. The van der Waals surface area contributed by atoms with Crippen LogP contribution in [-0.4, -0.2) is 24.3 Å². The first-order chi connectivity index (χ1) is 9.42. The topological polar surface area (TPSA) is 107 Å². The standard InChI is InChI=1S/C13H12O7/c1-6-3-10-8(12(16)19-6)4-7(11(15)20-10)5-9(14)13(17)18-2/h3-4,9,14H,5H2,1-2H3. The van der Waals surface area contributed by atoms with E-state index in [1.54, 1.807) is 6.92 Å². The van der Waals surface area contributed by atoms with Gasteiger partial charge in [-0.1, -0.05) is 0 Å². The molecule has 106 valence electrons. The summed E-state index contributed by atoms with van der Waals surface area (Å²) in [5.74, 6) is -0.562. The Morgan fingerprint density at radius 1 is 1.30 bits per heavy atom. The molecule has 0 saturated heterocycles. The van der Waals surface area contributed by atoms with Crippen LogP contribution in [0.2, 0.25) is 0 Å². The zero-order valence-corrected chi connectivity index (χ0v) is 10.8. The van der Waals surface area contributed by atoms with Crippen LogP contribution in [0.5, 0.6) is 0 Å². The van der Waals surface area contributed by atoms with E-state index in [0.29, 0.717) is 5.76 Å². The Bertz CT molecular complexity index is 768. The fourth-order valence-corrected chi connectivity index (χ4v) is 1.78. The molecule has 0 aliphatic rings. The Hall–Kier alpha value is -2.41. The van der Waals surface area contributed by atoms with Gasteiger partial charge >= 0.3 is 17.2 Å². The first-order valence-corrected chi connectivity index (χ1v) is 5.75. The third-order valence-corrected chi connectivity index (χ3v) is 2.74. The third kappa shape index (κ3) is 2.62. The van der Waals surface area contributed by atoms with Crippen LogP contribution in [-0.2, 0) is 16.0 Å². The lowest BCUT2D eigenvalue weighted by molar-refractivity contribution is -0.150. The molecule has 0 radical (unpaired) electrons. The lowest BCUT2D eigenvalue weighted by Crippen LogP contribution is -2.26. The van der Waals surface area contributed by atoms with E-state index >= 15 is 0 Å². The van der Waals surface area contributed by atoms with Crippen molar-refractivity contribution in [3.63, 3.8) is 0 Å². The highest BCUT2D eigenvalue weighted by molar-refractivity contribution is 5.77. The molecule has 0 aliphatic carbocycles. The summed E-state index contributed by atoms with van der Waals surface area (Å²) in [4.78, 5) is 34.5. The minimum atomic E-state index is -1.50. The quantitative estimate of drug-likeness (QED) is 0.796. The van der Waals surface area contributed by atoms with Gasteiger partial charge in [0, 0.05) is 18.1 Å². The largest absolute Gasteiger partial charge is 0.467 e. The highest BCUT2D eigenvalue weighted by Gasteiger charge is 2.19. The van der Waals surface area contributed by atoms with Crippen LogP contribution >= 0.6 is 0 Å². The molecule has 0 amide bonds. The minimum Gasteiger partial charge on any atom is -0.467 e. The molecule has 1 N–H and O–H groups in total. The van der Waals surface area contributed by atoms with E-state index in [0.717, 1.165) is 7.11 Å². The van der Waals surface area contributed by atoms with Gasteiger partial charge in [0.2, 0.25) is 0 Å². The Labute approximate surface area is 112 Å². The summed E-state index contributed by atoms with van der Waals surface area (Å²) in [6, 6.07) is 2.66. The molecular weight excluding hydrogens is 268 g/mol. The monoisotopic (exact) mass is 280 g/mol. The summed E-state index contributed by atoms with van der Waals surface area (Å²) >= 11 is 0. The maximum Gasteiger partial charge on any atom is 0.347 e. The van der Waals surface area contributed by atoms with Crippen LogP contribution in [0, 0.1) is 6.92 Å². The molecule has 0 saturated carbocycles. The zero-order chi connectivity index (χ0) is 14.9. The van der Waals surface area contributed by atoms with Gasteiger partial charge in [-0.25, -0.2) is 14.4 Å². The van der Waals surface area contributed by atoms with Gasteiger partial charge in [-0.15, -0.1) is 0 Å². The number of hydrogen-bond donors (Lipinski definition) is 1. The van der Waals surface area contributed by atoms with Gasteiger partial charge < -0.3 is 18.7 Å². The lowest BCUT2D eigenvalue weighted by Gasteiger charge is -2.07. The maximum atomic E-state index is 11.7. The van der Waals surface area contributed by atoms with Gasteiger partial charge in [-0.05, 0) is 13.0 Å². The van der Waals surface area contributed by atoms with Crippen molar-refractivity contribution in [3.05, 3.63) is 44.3 Å². The molecule has 1 atom stereocenters. The van der Waals surface area contributed by atoms with Gasteiger partial charge in [0.1, 0.15) is 16.7 Å². The Balaban J connectivity index is 2.51. The summed E-state index contributed by atoms with van der Waals surface area (Å²) in [5, 5.41) is 9.60. The molecule has 0 fully saturated rings. The van der Waals surface area contributed by atoms with Crippen molar-refractivity contribution in [2.45, 2.75) is 19.4 Å². The second kappa shape index (κ2) is 5.30. The highest BCUT2D eigenvalue weighted by atomic mass is 16.5. The van der Waals surface area contributed by atoms with Crippen molar-refractivity contribution in [1.82, 2.24) is 0 Å². The van der Waals surface area contributed by atoms with Gasteiger partial charge in [-0.3, -0.25) is 0 Å². The third-order valence-electron chi connectivity index (χ3n) is 2.74. The Morgan fingerprint density at radius 2 is 2.00 bits per heavy atom. The number of hydrogen-bond acceptors (Lipinski definition) is 7. The van der Waals surface area contributed by atoms with Crippen molar-refractivity contribution >= 4 is 16.9 Å². The lowest BCUT2D eigenvalue weighted by atomic mass is 10.1. The number of ether oxygens (including phenoxy) is 1. The first kappa shape index (κ1) is 14.0. The average molecular weight is 280 g/mol. The molecule has 0 aromatic carbocycles. The first-order valence-electron chi connectivity index (χ1n) is 5.75. The van der Waals surface area contributed by atoms with Crippen LogP contribution in [0.3, 0.4) is 0 Å². The van der Waals surface area contributed by atoms with Crippen LogP contribution < -0.4 is 11.3 Å². The number of aliphatic hydroxyl groups is 1. The second-order valence-electron chi connectivity index (χ2n) is 4.22. The molecule has 2 heterocycles. The number of carbonyl (C=O) groups is 1. The molecule has 0 bridgehead atoms. The molecule has 1 unspecified atom stereocenters. The van der Waals surface area contributed by atoms with E-state index < -0.39 is 23.3 Å². The molecule has 7 heteroatoms. The van der Waals surface area contributed by atoms with Crippen molar-refractivity contribution in [2.24, 2.45) is 0 Å². The fraction of sp³-hybridized carbons (Fsp3) is 0.308. The Kier molecular flexibility index (Phi) is 3.71. The van der Waals surface area contributed by atoms with Crippen molar-refractivity contribution < 1.29 is 23.5 Å². The number of methoxy groups -OCH3 is 1. The summed E-state index contributed by atoms with van der Waals surface area (Å²) in [7, 11) is 1.12. The molecule has 2 rings (SSSR count). The number of carbonyl (C=O) groups excluding carboxylic acids is 1. The zero-order valence-electron chi connectivity index (χ0n) is 10.8. The van der Waals surface area contributed by atoms with E-state index in [1.165, 1.54) is 12.1 Å². The van der Waals surface area contributed by atoms with Gasteiger partial charge in [0.05, 0.1) is 7.11 Å². The number of aryl methyl sites for hydroxylation is 1. The van der Waals surface area contributed by atoms with E-state index in [1.807, 2.05) is 0 Å². The molecule has 7 nitrogen and oxygen atoms in total. The molecule has 0 spiro atoms. The van der Waals surface area contributed by atoms with Gasteiger partial charge in [0.25, 0.3) is 0 Å². The number of esters is 1. The predicted octanol–water partition coefficient (Wildman–Crippen LogP) is 0.131. The van der Waals surface area contributed by atoms with Crippen LogP contribution in [0.1, 0.15) is 11.3 Å². The van der Waals surface area contributed by atoms with E-state index in [2.05, 4.69) is 4.74 Å². The van der Waals surface area contributed by atoms with E-state index in [9.17, 15) is 19.5 Å². The van der Waals surface area contributed by atoms with Crippen molar-refractivity contribution in [3.8, 4) is 0 Å². The summed E-state index contributed by atoms with van der Waals surface area (Å²) in [5.41, 5.74) is -1.30. The number of aliphatic hydroxyl groups excluding tert-OH is 1. The maximum absolute atomic E-state index is 11.7. The Morgan fingerprint density at radius 3 is 2.65 bits per heavy atom. The average Bonchev–Trinajstić information content (AvgIpc) is 2.39. The predicted molar refractivity (Wildman–Crippen MR) is 67.5 cm³/mol. The van der Waals surface area contributed by atoms with E-state index in [4.69, 9.17) is 8.83 Å². The fourth-order valence-electron chi connectivity index (χ4n) is 1.78. The number of rotatable bonds is 3. The van der Waals surface area contributed by atoms with Gasteiger partial charge in [0.15, 0.2) is 6.10 Å². The SMILES string of the molecule is COC(=O)C(O)Cc1cc2c(=O)oc(C)cc2oc1=O. The number of fused-ring (bicyclic) bond motifs is 1. The minimum absolute atomic E-state index is 0.00782. The van der Waals surface area contributed by atoms with Crippen LogP contribution in [0.15, 0.2) is 30.6 Å². The van der Waals surface area contributed by atoms with Crippen molar-refractivity contribution in [2.75, 3.05) is 7.11 Å². The summed E-state index contributed by atoms with van der Waals surface area (Å²) in [6.07, 6.45) is -1.81. The van der Waals surface area contributed by atoms with Gasteiger partial charge in [-0.2, -0.15) is 0 Å². The van der Waals surface area contributed by atoms with Crippen molar-refractivity contribution in [1.29, 1.82) is 0 Å². The van der Waals surface area contributed by atoms with E-state index in [-0.39, 0.29) is 23.0 Å².